The lowest BCUT2D eigenvalue weighted by molar-refractivity contribution is -0.124. The van der Waals surface area contributed by atoms with Gasteiger partial charge in [-0.1, -0.05) is 63.2 Å². The number of carbonyl (C=O) groups excluding carboxylic acids is 1. The van der Waals surface area contributed by atoms with Crippen molar-refractivity contribution in [2.75, 3.05) is 5.32 Å². The molecule has 0 spiro atoms. The standard InChI is InChI=1S/C20H26N4OS/c1-4-20(2,3)19(25)21-16-12-10-15(11-13-16)18-22-17(23-26-24-18)14-8-6-5-7-9-14/h5-13,17-18,22-24H,4H2,1-3H3,(H,21,25). The molecule has 2 atom stereocenters. The lowest BCUT2D eigenvalue weighted by atomic mass is 9.89. The monoisotopic (exact) mass is 370 g/mol. The summed E-state index contributed by atoms with van der Waals surface area (Å²) in [5, 5.41) is 6.55. The van der Waals surface area contributed by atoms with Crippen LogP contribution in [0.2, 0.25) is 0 Å². The van der Waals surface area contributed by atoms with Crippen LogP contribution in [0, 0.1) is 5.41 Å². The zero-order valence-corrected chi connectivity index (χ0v) is 16.2. The molecule has 2 aromatic rings. The Labute approximate surface area is 159 Å². The largest absolute Gasteiger partial charge is 0.326 e. The molecular formula is C20H26N4OS. The zero-order valence-electron chi connectivity index (χ0n) is 15.4. The number of rotatable bonds is 5. The fraction of sp³-hybridized carbons (Fsp3) is 0.350. The van der Waals surface area contributed by atoms with Crippen LogP contribution >= 0.6 is 12.1 Å². The van der Waals surface area contributed by atoms with Gasteiger partial charge in [-0.2, -0.15) is 0 Å². The van der Waals surface area contributed by atoms with E-state index in [0.29, 0.717) is 0 Å². The molecule has 1 aliphatic heterocycles. The van der Waals surface area contributed by atoms with Crippen molar-refractivity contribution in [1.29, 1.82) is 0 Å². The second-order valence-electron chi connectivity index (χ2n) is 7.09. The van der Waals surface area contributed by atoms with Gasteiger partial charge in [-0.05, 0) is 29.7 Å². The first-order valence-electron chi connectivity index (χ1n) is 8.89. The lowest BCUT2D eigenvalue weighted by Gasteiger charge is -2.32. The van der Waals surface area contributed by atoms with Crippen LogP contribution in [-0.4, -0.2) is 5.91 Å². The van der Waals surface area contributed by atoms with Gasteiger partial charge in [0, 0.05) is 23.2 Å². The van der Waals surface area contributed by atoms with E-state index in [0.717, 1.165) is 17.7 Å². The summed E-state index contributed by atoms with van der Waals surface area (Å²) in [5.41, 5.74) is 2.77. The van der Waals surface area contributed by atoms with Crippen molar-refractivity contribution in [3.05, 3.63) is 65.7 Å². The first-order chi connectivity index (χ1) is 12.5. The predicted molar refractivity (Wildman–Crippen MR) is 108 cm³/mol. The van der Waals surface area contributed by atoms with E-state index in [2.05, 4.69) is 32.2 Å². The van der Waals surface area contributed by atoms with E-state index in [9.17, 15) is 4.79 Å². The number of carbonyl (C=O) groups is 1. The summed E-state index contributed by atoms with van der Waals surface area (Å²) in [6, 6.07) is 18.3. The van der Waals surface area contributed by atoms with Crippen molar-refractivity contribution in [2.45, 2.75) is 39.5 Å². The topological polar surface area (TPSA) is 65.2 Å². The van der Waals surface area contributed by atoms with E-state index in [-0.39, 0.29) is 23.7 Å². The van der Waals surface area contributed by atoms with Crippen molar-refractivity contribution in [3.63, 3.8) is 0 Å². The van der Waals surface area contributed by atoms with E-state index in [1.54, 1.807) is 0 Å². The van der Waals surface area contributed by atoms with Crippen molar-refractivity contribution >= 4 is 23.7 Å². The average molecular weight is 371 g/mol. The zero-order chi connectivity index (χ0) is 18.6. The van der Waals surface area contributed by atoms with Gasteiger partial charge in [0.2, 0.25) is 5.91 Å². The molecular weight excluding hydrogens is 344 g/mol. The van der Waals surface area contributed by atoms with Crippen LogP contribution in [0.5, 0.6) is 0 Å². The van der Waals surface area contributed by atoms with Crippen molar-refractivity contribution < 1.29 is 4.79 Å². The Kier molecular flexibility index (Phi) is 5.98. The normalized spacial score (nSPS) is 20.6. The summed E-state index contributed by atoms with van der Waals surface area (Å²) in [7, 11) is 0. The highest BCUT2D eigenvalue weighted by molar-refractivity contribution is 7.95. The second kappa shape index (κ2) is 8.22. The Morgan fingerprint density at radius 1 is 1.00 bits per heavy atom. The fourth-order valence-electron chi connectivity index (χ4n) is 2.58. The smallest absolute Gasteiger partial charge is 0.230 e. The number of anilines is 1. The maximum Gasteiger partial charge on any atom is 0.230 e. The van der Waals surface area contributed by atoms with E-state index < -0.39 is 0 Å². The summed E-state index contributed by atoms with van der Waals surface area (Å²) >= 11 is 1.49. The molecule has 138 valence electrons. The summed E-state index contributed by atoms with van der Waals surface area (Å²) in [5.74, 6) is 0.0468. The predicted octanol–water partition coefficient (Wildman–Crippen LogP) is 4.10. The first kappa shape index (κ1) is 18.9. The first-order valence-corrected chi connectivity index (χ1v) is 9.70. The Morgan fingerprint density at radius 2 is 1.58 bits per heavy atom. The molecule has 5 nitrogen and oxygen atoms in total. The van der Waals surface area contributed by atoms with Crippen LogP contribution in [0.3, 0.4) is 0 Å². The number of amides is 1. The molecule has 2 unspecified atom stereocenters. The minimum atomic E-state index is -0.365. The van der Waals surface area contributed by atoms with Gasteiger partial charge in [0.05, 0.1) is 12.3 Å². The molecule has 1 aliphatic rings. The van der Waals surface area contributed by atoms with Gasteiger partial charge in [0.25, 0.3) is 0 Å². The highest BCUT2D eigenvalue weighted by Gasteiger charge is 2.26. The molecule has 0 aliphatic carbocycles. The Hall–Kier alpha value is -1.86. The highest BCUT2D eigenvalue weighted by Crippen LogP contribution is 2.26. The number of hydrogen-bond acceptors (Lipinski definition) is 5. The number of benzene rings is 2. The molecule has 1 fully saturated rings. The molecule has 3 rings (SSSR count). The molecule has 0 saturated carbocycles. The van der Waals surface area contributed by atoms with Crippen LogP contribution in [-0.2, 0) is 4.79 Å². The van der Waals surface area contributed by atoms with Crippen molar-refractivity contribution in [2.24, 2.45) is 5.41 Å². The fourth-order valence-corrected chi connectivity index (χ4v) is 3.29. The third kappa shape index (κ3) is 4.45. The number of nitrogens with one attached hydrogen (secondary N) is 4. The quantitative estimate of drug-likeness (QED) is 0.597. The van der Waals surface area contributed by atoms with Gasteiger partial charge < -0.3 is 5.32 Å². The van der Waals surface area contributed by atoms with Gasteiger partial charge in [-0.15, -0.1) is 0 Å². The molecule has 1 saturated heterocycles. The third-order valence-electron chi connectivity index (χ3n) is 4.82. The third-order valence-corrected chi connectivity index (χ3v) is 5.53. The molecule has 0 bridgehead atoms. The molecule has 1 amide bonds. The van der Waals surface area contributed by atoms with Gasteiger partial charge in [-0.3, -0.25) is 10.1 Å². The Balaban J connectivity index is 1.66. The van der Waals surface area contributed by atoms with Crippen LogP contribution in [0.15, 0.2) is 54.6 Å². The Morgan fingerprint density at radius 3 is 2.15 bits per heavy atom. The summed E-state index contributed by atoms with van der Waals surface area (Å²) < 4.78 is 6.67. The highest BCUT2D eigenvalue weighted by atomic mass is 32.2. The average Bonchev–Trinajstić information content (AvgIpc) is 2.69. The minimum absolute atomic E-state index is 0.0169. The van der Waals surface area contributed by atoms with Gasteiger partial charge in [0.15, 0.2) is 0 Å². The maximum absolute atomic E-state index is 12.3. The van der Waals surface area contributed by atoms with Crippen molar-refractivity contribution in [1.82, 2.24) is 14.8 Å². The van der Waals surface area contributed by atoms with Gasteiger partial charge in [0.1, 0.15) is 0 Å². The summed E-state index contributed by atoms with van der Waals surface area (Å²) in [6.07, 6.45) is 0.887. The lowest BCUT2D eigenvalue weighted by Crippen LogP contribution is -2.45. The molecule has 1 heterocycles. The van der Waals surface area contributed by atoms with E-state index in [1.807, 2.05) is 63.2 Å². The van der Waals surface area contributed by atoms with Gasteiger partial charge in [-0.25, -0.2) is 9.44 Å². The van der Waals surface area contributed by atoms with Crippen LogP contribution in [0.1, 0.15) is 50.7 Å². The molecule has 6 heteroatoms. The molecule has 26 heavy (non-hydrogen) atoms. The Bertz CT molecular complexity index is 733. The van der Waals surface area contributed by atoms with Gasteiger partial charge >= 0.3 is 0 Å². The summed E-state index contributed by atoms with van der Waals surface area (Å²) in [6.45, 7) is 5.94. The summed E-state index contributed by atoms with van der Waals surface area (Å²) in [4.78, 5) is 12.3. The minimum Gasteiger partial charge on any atom is -0.326 e. The van der Waals surface area contributed by atoms with Crippen LogP contribution in [0.25, 0.3) is 0 Å². The second-order valence-corrected chi connectivity index (χ2v) is 7.77. The van der Waals surface area contributed by atoms with E-state index in [4.69, 9.17) is 0 Å². The molecule has 2 aromatic carbocycles. The number of hydrogen-bond donors (Lipinski definition) is 4. The van der Waals surface area contributed by atoms with Crippen LogP contribution < -0.4 is 20.1 Å². The molecule has 0 aromatic heterocycles. The van der Waals surface area contributed by atoms with Crippen LogP contribution in [0.4, 0.5) is 5.69 Å². The SMILES string of the molecule is CCC(C)(C)C(=O)Nc1ccc(C2NSNC(c3ccccc3)N2)cc1. The molecule has 0 radical (unpaired) electrons. The van der Waals surface area contributed by atoms with E-state index in [1.165, 1.54) is 17.7 Å². The van der Waals surface area contributed by atoms with Crippen molar-refractivity contribution in [3.8, 4) is 0 Å². The molecule has 4 N–H and O–H groups in total. The maximum atomic E-state index is 12.3. The van der Waals surface area contributed by atoms with E-state index >= 15 is 0 Å².